The molecule has 0 aliphatic rings. The Balaban J connectivity index is 2.12. The lowest BCUT2D eigenvalue weighted by Crippen LogP contribution is -2.34. The summed E-state index contributed by atoms with van der Waals surface area (Å²) in [6, 6.07) is 7.62. The molecule has 0 fully saturated rings. The molecule has 1 unspecified atom stereocenters. The second kappa shape index (κ2) is 8.72. The fourth-order valence-corrected chi connectivity index (χ4v) is 2.23. The van der Waals surface area contributed by atoms with Crippen molar-refractivity contribution in [1.82, 2.24) is 10.5 Å². The monoisotopic (exact) mass is 347 g/mol. The number of carbonyl (C=O) groups is 2. The van der Waals surface area contributed by atoms with E-state index in [4.69, 9.17) is 14.0 Å². The van der Waals surface area contributed by atoms with Crippen molar-refractivity contribution < 1.29 is 23.6 Å². The molecule has 1 atom stereocenters. The average molecular weight is 347 g/mol. The van der Waals surface area contributed by atoms with Gasteiger partial charge in [0.1, 0.15) is 11.5 Å². The number of aromatic nitrogens is 1. The van der Waals surface area contributed by atoms with Gasteiger partial charge in [0.15, 0.2) is 5.82 Å². The van der Waals surface area contributed by atoms with E-state index in [0.29, 0.717) is 11.5 Å². The number of methoxy groups -OCH3 is 1. The van der Waals surface area contributed by atoms with E-state index in [2.05, 4.69) is 15.8 Å². The first kappa shape index (κ1) is 18.3. The van der Waals surface area contributed by atoms with Crippen LogP contribution in [0.25, 0.3) is 0 Å². The maximum Gasteiger partial charge on any atom is 0.320 e. The standard InChI is InChI=1S/C17H21N3O5/c1-4-24-16(21)10-14(12-6-5-7-13(9-12)23-3)18-17(22)19-15-8-11(2)25-20-15/h5-9,14H,4,10H2,1-3H3,(H2,18,19,20,22). The lowest BCUT2D eigenvalue weighted by Gasteiger charge is -2.19. The Kier molecular flexibility index (Phi) is 6.39. The highest BCUT2D eigenvalue weighted by atomic mass is 16.5. The van der Waals surface area contributed by atoms with E-state index >= 15 is 0 Å². The number of nitrogens with one attached hydrogen (secondary N) is 2. The zero-order valence-electron chi connectivity index (χ0n) is 14.4. The van der Waals surface area contributed by atoms with Gasteiger partial charge in [-0.1, -0.05) is 17.3 Å². The van der Waals surface area contributed by atoms with Crippen LogP contribution in [0.4, 0.5) is 10.6 Å². The normalized spacial score (nSPS) is 11.5. The molecule has 8 heteroatoms. The van der Waals surface area contributed by atoms with Gasteiger partial charge in [0, 0.05) is 6.07 Å². The fourth-order valence-electron chi connectivity index (χ4n) is 2.23. The number of hydrogen-bond donors (Lipinski definition) is 2. The van der Waals surface area contributed by atoms with Crippen LogP contribution in [0.1, 0.15) is 30.7 Å². The van der Waals surface area contributed by atoms with Gasteiger partial charge < -0.3 is 19.3 Å². The van der Waals surface area contributed by atoms with Gasteiger partial charge in [-0.2, -0.15) is 0 Å². The summed E-state index contributed by atoms with van der Waals surface area (Å²) >= 11 is 0. The molecular formula is C17H21N3O5. The zero-order chi connectivity index (χ0) is 18.2. The number of ether oxygens (including phenoxy) is 2. The third kappa shape index (κ3) is 5.52. The van der Waals surface area contributed by atoms with Gasteiger partial charge >= 0.3 is 12.0 Å². The van der Waals surface area contributed by atoms with Gasteiger partial charge in [-0.15, -0.1) is 0 Å². The Labute approximate surface area is 145 Å². The van der Waals surface area contributed by atoms with Crippen molar-refractivity contribution in [3.8, 4) is 5.75 Å². The van der Waals surface area contributed by atoms with Crippen LogP contribution in [-0.2, 0) is 9.53 Å². The van der Waals surface area contributed by atoms with E-state index in [-0.39, 0.29) is 18.8 Å². The van der Waals surface area contributed by atoms with E-state index < -0.39 is 18.0 Å². The van der Waals surface area contributed by atoms with Crippen molar-refractivity contribution in [3.05, 3.63) is 41.7 Å². The molecular weight excluding hydrogens is 326 g/mol. The van der Waals surface area contributed by atoms with E-state index in [1.165, 1.54) is 0 Å². The number of esters is 1. The number of anilines is 1. The van der Waals surface area contributed by atoms with Gasteiger partial charge in [-0.3, -0.25) is 10.1 Å². The van der Waals surface area contributed by atoms with Gasteiger partial charge in [0.05, 0.1) is 26.2 Å². The number of aryl methyl sites for hydroxylation is 1. The molecule has 0 radical (unpaired) electrons. The molecule has 0 aliphatic carbocycles. The van der Waals surface area contributed by atoms with E-state index in [1.807, 2.05) is 0 Å². The second-order valence-corrected chi connectivity index (χ2v) is 5.26. The topological polar surface area (TPSA) is 103 Å². The number of urea groups is 1. The van der Waals surface area contributed by atoms with Crippen LogP contribution >= 0.6 is 0 Å². The van der Waals surface area contributed by atoms with Gasteiger partial charge in [-0.25, -0.2) is 4.79 Å². The number of carbonyl (C=O) groups excluding carboxylic acids is 2. The minimum absolute atomic E-state index is 0.00767. The molecule has 25 heavy (non-hydrogen) atoms. The maximum atomic E-state index is 12.2. The van der Waals surface area contributed by atoms with Crippen molar-refractivity contribution >= 4 is 17.8 Å². The first-order valence-electron chi connectivity index (χ1n) is 7.82. The number of nitrogens with zero attached hydrogens (tertiary/aromatic N) is 1. The van der Waals surface area contributed by atoms with Crippen molar-refractivity contribution in [2.75, 3.05) is 19.0 Å². The van der Waals surface area contributed by atoms with Crippen LogP contribution in [0.15, 0.2) is 34.9 Å². The summed E-state index contributed by atoms with van der Waals surface area (Å²) in [5.41, 5.74) is 0.721. The van der Waals surface area contributed by atoms with Crippen LogP contribution in [0.3, 0.4) is 0 Å². The van der Waals surface area contributed by atoms with Crippen LogP contribution in [0.2, 0.25) is 0 Å². The quantitative estimate of drug-likeness (QED) is 0.747. The Morgan fingerprint density at radius 3 is 2.76 bits per heavy atom. The van der Waals surface area contributed by atoms with Crippen molar-refractivity contribution in [1.29, 1.82) is 0 Å². The maximum absolute atomic E-state index is 12.2. The first-order valence-corrected chi connectivity index (χ1v) is 7.82. The summed E-state index contributed by atoms with van der Waals surface area (Å²) in [6.45, 7) is 3.72. The number of rotatable bonds is 7. The Morgan fingerprint density at radius 1 is 1.32 bits per heavy atom. The summed E-state index contributed by atoms with van der Waals surface area (Å²) in [4.78, 5) is 24.1. The molecule has 2 N–H and O–H groups in total. The summed E-state index contributed by atoms with van der Waals surface area (Å²) in [5, 5.41) is 9.00. The highest BCUT2D eigenvalue weighted by molar-refractivity contribution is 5.88. The lowest BCUT2D eigenvalue weighted by molar-refractivity contribution is -0.143. The second-order valence-electron chi connectivity index (χ2n) is 5.26. The molecule has 134 valence electrons. The predicted octanol–water partition coefficient (Wildman–Crippen LogP) is 2.81. The van der Waals surface area contributed by atoms with Crippen LogP contribution in [0, 0.1) is 6.92 Å². The highest BCUT2D eigenvalue weighted by Crippen LogP contribution is 2.22. The molecule has 1 aromatic carbocycles. The Bertz CT molecular complexity index is 729. The van der Waals surface area contributed by atoms with Crippen LogP contribution in [-0.4, -0.2) is 30.9 Å². The van der Waals surface area contributed by atoms with Crippen LogP contribution in [0.5, 0.6) is 5.75 Å². The van der Waals surface area contributed by atoms with E-state index in [1.54, 1.807) is 51.3 Å². The molecule has 0 saturated carbocycles. The molecule has 2 rings (SSSR count). The fraction of sp³-hybridized carbons (Fsp3) is 0.353. The summed E-state index contributed by atoms with van der Waals surface area (Å²) in [5.74, 6) is 1.08. The van der Waals surface area contributed by atoms with Crippen molar-refractivity contribution in [2.45, 2.75) is 26.3 Å². The summed E-state index contributed by atoms with van der Waals surface area (Å²) in [6.07, 6.45) is -0.00767. The number of hydrogen-bond acceptors (Lipinski definition) is 6. The Hall–Kier alpha value is -3.03. The number of amides is 2. The minimum atomic E-state index is -0.581. The van der Waals surface area contributed by atoms with Crippen molar-refractivity contribution in [3.63, 3.8) is 0 Å². The molecule has 0 aliphatic heterocycles. The molecule has 8 nitrogen and oxygen atoms in total. The molecule has 2 aromatic rings. The molecule has 0 saturated heterocycles. The molecule has 1 aromatic heterocycles. The van der Waals surface area contributed by atoms with Gasteiger partial charge in [0.2, 0.25) is 0 Å². The minimum Gasteiger partial charge on any atom is -0.497 e. The summed E-state index contributed by atoms with van der Waals surface area (Å²) in [7, 11) is 1.55. The zero-order valence-corrected chi connectivity index (χ0v) is 14.4. The van der Waals surface area contributed by atoms with E-state index in [0.717, 1.165) is 5.56 Å². The number of benzene rings is 1. The molecule has 0 spiro atoms. The van der Waals surface area contributed by atoms with Gasteiger partial charge in [-0.05, 0) is 31.5 Å². The van der Waals surface area contributed by atoms with Crippen LogP contribution < -0.4 is 15.4 Å². The largest absolute Gasteiger partial charge is 0.497 e. The average Bonchev–Trinajstić information content (AvgIpc) is 2.99. The molecule has 1 heterocycles. The molecule has 0 bridgehead atoms. The predicted molar refractivity (Wildman–Crippen MR) is 90.4 cm³/mol. The SMILES string of the molecule is CCOC(=O)CC(NC(=O)Nc1cc(C)on1)c1cccc(OC)c1. The first-order chi connectivity index (χ1) is 12.0. The third-order valence-electron chi connectivity index (χ3n) is 3.35. The lowest BCUT2D eigenvalue weighted by atomic mass is 10.0. The molecule has 2 amide bonds. The van der Waals surface area contributed by atoms with E-state index in [9.17, 15) is 9.59 Å². The Morgan fingerprint density at radius 2 is 2.12 bits per heavy atom. The van der Waals surface area contributed by atoms with Crippen molar-refractivity contribution in [2.24, 2.45) is 0 Å². The van der Waals surface area contributed by atoms with Gasteiger partial charge in [0.25, 0.3) is 0 Å². The third-order valence-corrected chi connectivity index (χ3v) is 3.35. The smallest absolute Gasteiger partial charge is 0.320 e. The summed E-state index contributed by atoms with van der Waals surface area (Å²) < 4.78 is 15.1. The highest BCUT2D eigenvalue weighted by Gasteiger charge is 2.20.